The third-order valence-corrected chi connectivity index (χ3v) is 5.63. The van der Waals surface area contributed by atoms with E-state index < -0.39 is 0 Å². The summed E-state index contributed by atoms with van der Waals surface area (Å²) >= 11 is 0. The summed E-state index contributed by atoms with van der Waals surface area (Å²) in [6.07, 6.45) is 1.91. The smallest absolute Gasteiger partial charge is 0.231 e. The van der Waals surface area contributed by atoms with Gasteiger partial charge >= 0.3 is 0 Å². The van der Waals surface area contributed by atoms with Crippen LogP contribution < -0.4 is 19.5 Å². The van der Waals surface area contributed by atoms with Crippen LogP contribution in [0.5, 0.6) is 17.2 Å². The van der Waals surface area contributed by atoms with Crippen LogP contribution in [0.1, 0.15) is 11.1 Å². The van der Waals surface area contributed by atoms with Crippen molar-refractivity contribution in [1.82, 2.24) is 14.6 Å². The van der Waals surface area contributed by atoms with E-state index in [-0.39, 0.29) is 6.79 Å². The van der Waals surface area contributed by atoms with Crippen LogP contribution in [-0.4, -0.2) is 21.4 Å². The molecule has 2 aromatic heterocycles. The molecule has 0 unspecified atom stereocenters. The molecular formula is C27H22N4O3. The summed E-state index contributed by atoms with van der Waals surface area (Å²) in [7, 11) is 0. The summed E-state index contributed by atoms with van der Waals surface area (Å²) in [5.41, 5.74) is 4.87. The topological polar surface area (TPSA) is 69.9 Å². The van der Waals surface area contributed by atoms with Gasteiger partial charge in [0, 0.05) is 24.4 Å². The first kappa shape index (κ1) is 20.1. The number of anilines is 1. The van der Waals surface area contributed by atoms with Crippen LogP contribution in [0, 0.1) is 0 Å². The van der Waals surface area contributed by atoms with Crippen LogP contribution in [-0.2, 0) is 13.2 Å². The van der Waals surface area contributed by atoms with Gasteiger partial charge in [0.05, 0.1) is 5.69 Å². The zero-order valence-corrected chi connectivity index (χ0v) is 18.3. The van der Waals surface area contributed by atoms with Gasteiger partial charge in [-0.1, -0.05) is 36.4 Å². The molecule has 0 radical (unpaired) electrons. The Morgan fingerprint density at radius 2 is 1.71 bits per heavy atom. The predicted molar refractivity (Wildman–Crippen MR) is 129 cm³/mol. The molecule has 168 valence electrons. The second-order valence-corrected chi connectivity index (χ2v) is 7.98. The maximum Gasteiger partial charge on any atom is 0.231 e. The fourth-order valence-electron chi connectivity index (χ4n) is 3.83. The summed E-state index contributed by atoms with van der Waals surface area (Å²) in [5.74, 6) is 3.16. The molecule has 3 aromatic carbocycles. The van der Waals surface area contributed by atoms with E-state index in [0.29, 0.717) is 13.2 Å². The van der Waals surface area contributed by atoms with Crippen LogP contribution in [0.15, 0.2) is 91.1 Å². The Kier molecular flexibility index (Phi) is 5.20. The van der Waals surface area contributed by atoms with E-state index in [1.165, 1.54) is 0 Å². The highest BCUT2D eigenvalue weighted by molar-refractivity contribution is 5.65. The summed E-state index contributed by atoms with van der Waals surface area (Å²) in [4.78, 5) is 4.70. The van der Waals surface area contributed by atoms with Crippen LogP contribution >= 0.6 is 0 Å². The Labute approximate surface area is 196 Å². The average molecular weight is 450 g/mol. The highest BCUT2D eigenvalue weighted by Gasteiger charge is 2.13. The van der Waals surface area contributed by atoms with Gasteiger partial charge in [0.25, 0.3) is 0 Å². The van der Waals surface area contributed by atoms with Gasteiger partial charge in [-0.3, -0.25) is 0 Å². The third-order valence-electron chi connectivity index (χ3n) is 5.63. The van der Waals surface area contributed by atoms with E-state index in [4.69, 9.17) is 19.2 Å². The lowest BCUT2D eigenvalue weighted by Crippen LogP contribution is -2.02. The van der Waals surface area contributed by atoms with Gasteiger partial charge in [-0.25, -0.2) is 9.50 Å². The van der Waals surface area contributed by atoms with Crippen molar-refractivity contribution in [2.24, 2.45) is 0 Å². The molecule has 0 amide bonds. The third kappa shape index (κ3) is 4.23. The summed E-state index contributed by atoms with van der Waals surface area (Å²) in [6.45, 7) is 1.45. The second-order valence-electron chi connectivity index (χ2n) is 7.98. The standard InChI is InChI=1S/C27H22N4O3/c1-2-4-19(5-3-1)17-32-22-9-7-21(8-10-22)23-15-27-29-26(12-13-31(27)30-23)28-16-20-6-11-24-25(14-20)34-18-33-24/h1-15H,16-18H2,(H,28,29). The highest BCUT2D eigenvalue weighted by atomic mass is 16.7. The lowest BCUT2D eigenvalue weighted by Gasteiger charge is -2.06. The van der Waals surface area contributed by atoms with E-state index in [1.807, 2.05) is 79.0 Å². The van der Waals surface area contributed by atoms with E-state index in [2.05, 4.69) is 22.5 Å². The predicted octanol–water partition coefficient (Wildman–Crippen LogP) is 5.32. The van der Waals surface area contributed by atoms with Gasteiger partial charge in [-0.05, 0) is 53.6 Å². The van der Waals surface area contributed by atoms with Crippen molar-refractivity contribution in [3.63, 3.8) is 0 Å². The molecule has 1 aliphatic heterocycles. The minimum Gasteiger partial charge on any atom is -0.489 e. The van der Waals surface area contributed by atoms with Gasteiger partial charge in [-0.15, -0.1) is 0 Å². The number of benzene rings is 3. The van der Waals surface area contributed by atoms with Gasteiger partial charge in [0.2, 0.25) is 6.79 Å². The van der Waals surface area contributed by atoms with Gasteiger partial charge in [-0.2, -0.15) is 5.10 Å². The fourth-order valence-corrected chi connectivity index (χ4v) is 3.83. The Morgan fingerprint density at radius 3 is 2.59 bits per heavy atom. The van der Waals surface area contributed by atoms with Crippen molar-refractivity contribution >= 4 is 11.5 Å². The Hall–Kier alpha value is -4.52. The van der Waals surface area contributed by atoms with E-state index in [9.17, 15) is 0 Å². The summed E-state index contributed by atoms with van der Waals surface area (Å²) < 4.78 is 18.5. The monoisotopic (exact) mass is 450 g/mol. The summed E-state index contributed by atoms with van der Waals surface area (Å²) in [5, 5.41) is 8.02. The zero-order valence-electron chi connectivity index (χ0n) is 18.3. The highest BCUT2D eigenvalue weighted by Crippen LogP contribution is 2.32. The number of ether oxygens (including phenoxy) is 3. The number of nitrogens with zero attached hydrogens (tertiary/aromatic N) is 3. The number of hydrogen-bond acceptors (Lipinski definition) is 6. The lowest BCUT2D eigenvalue weighted by molar-refractivity contribution is 0.174. The molecule has 6 rings (SSSR count). The molecule has 0 fully saturated rings. The Morgan fingerprint density at radius 1 is 0.853 bits per heavy atom. The lowest BCUT2D eigenvalue weighted by atomic mass is 10.1. The SMILES string of the molecule is c1ccc(COc2ccc(-c3cc4nc(NCc5ccc6c(c5)OCO6)ccn4n3)cc2)cc1. The molecule has 0 bridgehead atoms. The quantitative estimate of drug-likeness (QED) is 0.362. The number of rotatable bonds is 7. The number of fused-ring (bicyclic) bond motifs is 2. The number of aromatic nitrogens is 3. The molecule has 0 atom stereocenters. The first-order valence-electron chi connectivity index (χ1n) is 11.1. The number of hydrogen-bond donors (Lipinski definition) is 1. The fraction of sp³-hybridized carbons (Fsp3) is 0.111. The van der Waals surface area contributed by atoms with Crippen molar-refractivity contribution in [2.75, 3.05) is 12.1 Å². The molecule has 0 aliphatic carbocycles. The minimum absolute atomic E-state index is 0.275. The largest absolute Gasteiger partial charge is 0.489 e. The average Bonchev–Trinajstić information content (AvgIpc) is 3.53. The Balaban J connectivity index is 1.13. The van der Waals surface area contributed by atoms with Crippen molar-refractivity contribution < 1.29 is 14.2 Å². The molecule has 1 N–H and O–H groups in total. The van der Waals surface area contributed by atoms with Gasteiger partial charge in [0.1, 0.15) is 18.2 Å². The molecule has 0 saturated heterocycles. The maximum absolute atomic E-state index is 5.88. The molecule has 5 aromatic rings. The van der Waals surface area contributed by atoms with Crippen molar-refractivity contribution in [3.05, 3.63) is 102 Å². The molecule has 3 heterocycles. The molecule has 34 heavy (non-hydrogen) atoms. The van der Waals surface area contributed by atoms with E-state index in [0.717, 1.165) is 51.1 Å². The number of nitrogens with one attached hydrogen (secondary N) is 1. The maximum atomic E-state index is 5.88. The zero-order chi connectivity index (χ0) is 22.7. The van der Waals surface area contributed by atoms with Gasteiger partial charge in [0.15, 0.2) is 17.1 Å². The Bertz CT molecular complexity index is 1430. The molecular weight excluding hydrogens is 428 g/mol. The molecule has 0 spiro atoms. The van der Waals surface area contributed by atoms with E-state index in [1.54, 1.807) is 4.52 Å². The minimum atomic E-state index is 0.275. The van der Waals surface area contributed by atoms with Crippen molar-refractivity contribution in [2.45, 2.75) is 13.2 Å². The van der Waals surface area contributed by atoms with Crippen LogP contribution in [0.3, 0.4) is 0 Å². The summed E-state index contributed by atoms with van der Waals surface area (Å²) in [6, 6.07) is 27.9. The molecule has 0 saturated carbocycles. The molecule has 7 heteroatoms. The first-order valence-corrected chi connectivity index (χ1v) is 11.1. The van der Waals surface area contributed by atoms with Crippen molar-refractivity contribution in [1.29, 1.82) is 0 Å². The molecule has 7 nitrogen and oxygen atoms in total. The van der Waals surface area contributed by atoms with Crippen LogP contribution in [0.25, 0.3) is 16.9 Å². The molecule has 1 aliphatic rings. The van der Waals surface area contributed by atoms with Crippen molar-refractivity contribution in [3.8, 4) is 28.5 Å². The second kappa shape index (κ2) is 8.78. The van der Waals surface area contributed by atoms with Crippen LogP contribution in [0.2, 0.25) is 0 Å². The van der Waals surface area contributed by atoms with Gasteiger partial charge < -0.3 is 19.5 Å². The van der Waals surface area contributed by atoms with Crippen LogP contribution in [0.4, 0.5) is 5.82 Å². The first-order chi connectivity index (χ1) is 16.8. The van der Waals surface area contributed by atoms with E-state index >= 15 is 0 Å². The normalized spacial score (nSPS) is 12.1.